The average molecular weight is 415 g/mol. The normalized spacial score (nSPS) is 14.1. The maximum absolute atomic E-state index is 6.47. The monoisotopic (exact) mass is 414 g/mol. The molecule has 134 valence electrons. The van der Waals surface area contributed by atoms with Crippen molar-refractivity contribution < 1.29 is 0 Å². The first-order valence-corrected chi connectivity index (χ1v) is 14.9. The molecule has 1 unspecified atom stereocenters. The minimum atomic E-state index is -1.99. The fourth-order valence-corrected chi connectivity index (χ4v) is 16.6. The molecular formula is C22H24P2S2. The summed E-state index contributed by atoms with van der Waals surface area (Å²) in [5, 5.41) is 3.85. The minimum Gasteiger partial charge on any atom is -0.0919 e. The third kappa shape index (κ3) is 3.95. The Hall–Kier alpha value is -1.04. The molecule has 0 fully saturated rings. The Balaban J connectivity index is 2.17. The molecule has 0 spiro atoms. The predicted octanol–water partition coefficient (Wildman–Crippen LogP) is 5.29. The third-order valence-electron chi connectivity index (χ3n) is 4.78. The Morgan fingerprint density at radius 1 is 0.615 bits per heavy atom. The van der Waals surface area contributed by atoms with Crippen LogP contribution in [0.5, 0.6) is 0 Å². The highest BCUT2D eigenvalue weighted by Gasteiger charge is 2.33. The molecule has 3 aromatic rings. The fourth-order valence-electron chi connectivity index (χ4n) is 3.17. The zero-order chi connectivity index (χ0) is 18.6. The van der Waals surface area contributed by atoms with Crippen molar-refractivity contribution in [2.75, 3.05) is 5.90 Å². The Labute approximate surface area is 167 Å². The summed E-state index contributed by atoms with van der Waals surface area (Å²) in [5.41, 5.74) is 0.426. The summed E-state index contributed by atoms with van der Waals surface area (Å²) in [6.07, 6.45) is 0. The first-order chi connectivity index (χ1) is 12.5. The predicted molar refractivity (Wildman–Crippen MR) is 127 cm³/mol. The third-order valence-corrected chi connectivity index (χ3v) is 18.4. The van der Waals surface area contributed by atoms with Gasteiger partial charge in [0.25, 0.3) is 0 Å². The van der Waals surface area contributed by atoms with E-state index in [1.54, 1.807) is 0 Å². The smallest absolute Gasteiger partial charge is 0.0177 e. The van der Waals surface area contributed by atoms with Crippen molar-refractivity contribution in [1.82, 2.24) is 0 Å². The molecule has 4 heteroatoms. The van der Waals surface area contributed by atoms with E-state index < -0.39 is 12.1 Å². The van der Waals surface area contributed by atoms with Gasteiger partial charge in [-0.1, -0.05) is 128 Å². The number of hydrogen-bond acceptors (Lipinski definition) is 2. The van der Waals surface area contributed by atoms with Crippen LogP contribution in [0.3, 0.4) is 0 Å². The lowest BCUT2D eigenvalue weighted by molar-refractivity contribution is 1.10. The van der Waals surface area contributed by atoms with E-state index in [0.717, 1.165) is 5.90 Å². The second kappa shape index (κ2) is 8.32. The molecule has 1 atom stereocenters. The molecule has 3 rings (SSSR count). The van der Waals surface area contributed by atoms with Crippen molar-refractivity contribution in [3.63, 3.8) is 0 Å². The molecule has 0 nitrogen and oxygen atoms in total. The molecular weight excluding hydrogens is 390 g/mol. The van der Waals surface area contributed by atoms with E-state index in [9.17, 15) is 0 Å². The molecule has 0 N–H and O–H groups in total. The topological polar surface area (TPSA) is 0 Å². The molecule has 26 heavy (non-hydrogen) atoms. The molecule has 0 amide bonds. The first-order valence-electron chi connectivity index (χ1n) is 8.81. The van der Waals surface area contributed by atoms with Crippen LogP contribution < -0.4 is 15.9 Å². The summed E-state index contributed by atoms with van der Waals surface area (Å²) in [5.74, 6) is 0.917. The van der Waals surface area contributed by atoms with Gasteiger partial charge in [0.1, 0.15) is 0 Å². The van der Waals surface area contributed by atoms with Gasteiger partial charge in [-0.3, -0.25) is 0 Å². The molecule has 0 aliphatic heterocycles. The zero-order valence-corrected chi connectivity index (χ0v) is 18.6. The summed E-state index contributed by atoms with van der Waals surface area (Å²) in [6, 6.07) is 28.2. The molecule has 0 bridgehead atoms. The molecule has 0 saturated heterocycles. The highest BCUT2D eigenvalue weighted by Crippen LogP contribution is 2.62. The SMILES string of the molecule is CC(C)P(=S)(CP(=S)(c1ccccc1)c1ccccc1)c1ccccc1. The quantitative estimate of drug-likeness (QED) is 0.503. The van der Waals surface area contributed by atoms with Crippen molar-refractivity contribution in [3.8, 4) is 0 Å². The summed E-state index contributed by atoms with van der Waals surface area (Å²) in [7, 11) is 0. The Morgan fingerprint density at radius 3 is 1.31 bits per heavy atom. The van der Waals surface area contributed by atoms with Crippen LogP contribution in [0.1, 0.15) is 13.8 Å². The second-order valence-electron chi connectivity index (χ2n) is 6.78. The van der Waals surface area contributed by atoms with Gasteiger partial charge in [-0.15, -0.1) is 0 Å². The standard InChI is InChI=1S/C22H24P2S2/c1-19(2)23(25,20-12-6-3-7-13-20)18-24(26,21-14-8-4-9-15-21)22-16-10-5-11-17-22/h3-17,19H,18H2,1-2H3. The molecule has 0 aromatic heterocycles. The molecule has 0 aliphatic rings. The number of rotatable bonds is 6. The maximum Gasteiger partial charge on any atom is 0.0177 e. The molecule has 0 saturated carbocycles. The second-order valence-corrected chi connectivity index (χ2v) is 17.4. The van der Waals surface area contributed by atoms with Crippen LogP contribution >= 0.6 is 12.1 Å². The van der Waals surface area contributed by atoms with Crippen LogP contribution in [0.25, 0.3) is 0 Å². The van der Waals surface area contributed by atoms with Crippen LogP contribution in [0.4, 0.5) is 0 Å². The average Bonchev–Trinajstić information content (AvgIpc) is 2.69. The van der Waals surface area contributed by atoms with Crippen LogP contribution in [0, 0.1) is 0 Å². The summed E-state index contributed by atoms with van der Waals surface area (Å²) < 4.78 is 0. The number of benzene rings is 3. The largest absolute Gasteiger partial charge is 0.0919 e. The number of hydrogen-bond donors (Lipinski definition) is 0. The van der Waals surface area contributed by atoms with Crippen molar-refractivity contribution in [3.05, 3.63) is 91.0 Å². The highest BCUT2D eigenvalue weighted by molar-refractivity contribution is 8.30. The van der Waals surface area contributed by atoms with Gasteiger partial charge >= 0.3 is 0 Å². The van der Waals surface area contributed by atoms with Gasteiger partial charge in [-0.25, -0.2) is 0 Å². The first kappa shape index (κ1) is 19.7. The lowest BCUT2D eigenvalue weighted by Crippen LogP contribution is -2.23. The minimum absolute atomic E-state index is 0.426. The van der Waals surface area contributed by atoms with E-state index >= 15 is 0 Å². The van der Waals surface area contributed by atoms with Gasteiger partial charge in [-0.05, 0) is 27.6 Å². The van der Waals surface area contributed by atoms with Gasteiger partial charge in [-0.2, -0.15) is 0 Å². The lowest BCUT2D eigenvalue weighted by atomic mass is 10.4. The van der Waals surface area contributed by atoms with Crippen LogP contribution in [-0.4, -0.2) is 11.6 Å². The van der Waals surface area contributed by atoms with Crippen molar-refractivity contribution in [2.24, 2.45) is 0 Å². The van der Waals surface area contributed by atoms with E-state index in [-0.39, 0.29) is 0 Å². The van der Waals surface area contributed by atoms with E-state index in [4.69, 9.17) is 23.6 Å². The lowest BCUT2D eigenvalue weighted by Gasteiger charge is -2.34. The van der Waals surface area contributed by atoms with Gasteiger partial charge in [0.05, 0.1) is 0 Å². The summed E-state index contributed by atoms with van der Waals surface area (Å²) >= 11 is 12.9. The molecule has 3 aromatic carbocycles. The van der Waals surface area contributed by atoms with Crippen LogP contribution in [0.15, 0.2) is 91.0 Å². The van der Waals surface area contributed by atoms with Crippen molar-refractivity contribution in [2.45, 2.75) is 19.5 Å². The van der Waals surface area contributed by atoms with Crippen molar-refractivity contribution >= 4 is 51.6 Å². The van der Waals surface area contributed by atoms with E-state index in [1.807, 2.05) is 0 Å². The fraction of sp³-hybridized carbons (Fsp3) is 0.182. The van der Waals surface area contributed by atoms with Gasteiger partial charge in [0.15, 0.2) is 0 Å². The van der Waals surface area contributed by atoms with Gasteiger partial charge in [0.2, 0.25) is 0 Å². The molecule has 0 radical (unpaired) electrons. The highest BCUT2D eigenvalue weighted by atomic mass is 32.5. The Morgan fingerprint density at radius 2 is 0.962 bits per heavy atom. The Kier molecular flexibility index (Phi) is 6.31. The van der Waals surface area contributed by atoms with Gasteiger partial charge < -0.3 is 0 Å². The maximum atomic E-state index is 6.47. The van der Waals surface area contributed by atoms with Gasteiger partial charge in [0, 0.05) is 11.9 Å². The van der Waals surface area contributed by atoms with Crippen molar-refractivity contribution in [1.29, 1.82) is 0 Å². The zero-order valence-electron chi connectivity index (χ0n) is 15.2. The van der Waals surface area contributed by atoms with Crippen LogP contribution in [0.2, 0.25) is 0 Å². The summed E-state index contributed by atoms with van der Waals surface area (Å²) in [4.78, 5) is 0. The van der Waals surface area contributed by atoms with E-state index in [2.05, 4.69) is 105 Å². The molecule has 0 heterocycles. The Bertz CT molecular complexity index is 892. The van der Waals surface area contributed by atoms with E-state index in [1.165, 1.54) is 15.9 Å². The van der Waals surface area contributed by atoms with E-state index in [0.29, 0.717) is 5.66 Å². The molecule has 0 aliphatic carbocycles. The summed E-state index contributed by atoms with van der Waals surface area (Å²) in [6.45, 7) is 4.53. The van der Waals surface area contributed by atoms with Crippen LogP contribution in [-0.2, 0) is 23.6 Å².